The molecule has 0 radical (unpaired) electrons. The van der Waals surface area contributed by atoms with E-state index in [0.29, 0.717) is 6.54 Å². The van der Waals surface area contributed by atoms with E-state index >= 15 is 0 Å². The number of rotatable bonds is 3. The second-order valence-corrected chi connectivity index (χ2v) is 8.51. The van der Waals surface area contributed by atoms with Gasteiger partial charge in [0.15, 0.2) is 0 Å². The summed E-state index contributed by atoms with van der Waals surface area (Å²) in [6.07, 6.45) is 3.68. The van der Waals surface area contributed by atoms with Crippen molar-refractivity contribution in [2.24, 2.45) is 0 Å². The number of fused-ring (bicyclic) bond motifs is 1. The minimum Gasteiger partial charge on any atom is -0.334 e. The highest BCUT2D eigenvalue weighted by Crippen LogP contribution is 2.33. The summed E-state index contributed by atoms with van der Waals surface area (Å²) in [5, 5.41) is -0.569. The van der Waals surface area contributed by atoms with Gasteiger partial charge in [-0.2, -0.15) is 0 Å². The molecule has 1 fully saturated rings. The fourth-order valence-electron chi connectivity index (χ4n) is 3.21. The molecule has 3 heterocycles. The number of carbonyl (C=O) groups excluding carboxylic acids is 1. The lowest BCUT2D eigenvalue weighted by molar-refractivity contribution is 0.0652. The van der Waals surface area contributed by atoms with Crippen LogP contribution in [0.4, 0.5) is 5.69 Å². The number of anilines is 1. The van der Waals surface area contributed by atoms with Crippen molar-refractivity contribution in [3.05, 3.63) is 53.6 Å². The van der Waals surface area contributed by atoms with E-state index in [1.165, 1.54) is 21.6 Å². The molecule has 25 heavy (non-hydrogen) atoms. The molecule has 0 N–H and O–H groups in total. The predicted octanol–water partition coefficient (Wildman–Crippen LogP) is 1.00. The first-order valence-electron chi connectivity index (χ1n) is 8.14. The van der Waals surface area contributed by atoms with Crippen LogP contribution in [0.2, 0.25) is 0 Å². The summed E-state index contributed by atoms with van der Waals surface area (Å²) < 4.78 is 27.3. The quantitative estimate of drug-likeness (QED) is 0.817. The SMILES string of the molecule is Cc1cnc(C(=O)N2CC(S(=O)(=O)N3CCc4ccccc43)C2)cn1. The first-order chi connectivity index (χ1) is 12.0. The van der Waals surface area contributed by atoms with Crippen LogP contribution in [0.5, 0.6) is 0 Å². The molecule has 8 heteroatoms. The number of aryl methyl sites for hydroxylation is 1. The Labute approximate surface area is 146 Å². The first-order valence-corrected chi connectivity index (χ1v) is 9.64. The van der Waals surface area contributed by atoms with Gasteiger partial charge in [0.25, 0.3) is 5.91 Å². The molecular formula is C17H18N4O3S. The monoisotopic (exact) mass is 358 g/mol. The molecule has 7 nitrogen and oxygen atoms in total. The molecule has 4 rings (SSSR count). The third-order valence-electron chi connectivity index (χ3n) is 4.71. The van der Waals surface area contributed by atoms with Crippen LogP contribution in [0, 0.1) is 6.92 Å². The number of hydrogen-bond donors (Lipinski definition) is 0. The molecule has 0 saturated carbocycles. The van der Waals surface area contributed by atoms with Gasteiger partial charge in [0, 0.05) is 25.8 Å². The zero-order valence-electron chi connectivity index (χ0n) is 13.8. The van der Waals surface area contributed by atoms with Gasteiger partial charge in [0.2, 0.25) is 10.0 Å². The van der Waals surface area contributed by atoms with Crippen LogP contribution in [-0.4, -0.2) is 54.1 Å². The Morgan fingerprint density at radius 2 is 1.92 bits per heavy atom. The maximum absolute atomic E-state index is 12.9. The molecule has 0 atom stereocenters. The standard InChI is InChI=1S/C17H18N4O3S/c1-12-8-19-15(9-18-12)17(22)20-10-14(11-20)25(23,24)21-7-6-13-4-2-3-5-16(13)21/h2-5,8-9,14H,6-7,10-11H2,1H3. The van der Waals surface area contributed by atoms with Crippen LogP contribution in [0.3, 0.4) is 0 Å². The molecule has 130 valence electrons. The number of amides is 1. The summed E-state index contributed by atoms with van der Waals surface area (Å²) in [5.41, 5.74) is 2.78. The highest BCUT2D eigenvalue weighted by Gasteiger charge is 2.44. The summed E-state index contributed by atoms with van der Waals surface area (Å²) in [4.78, 5) is 22.0. The van der Waals surface area contributed by atoms with Gasteiger partial charge in [-0.3, -0.25) is 14.1 Å². The molecule has 2 aliphatic heterocycles. The largest absolute Gasteiger partial charge is 0.334 e. The van der Waals surface area contributed by atoms with E-state index in [4.69, 9.17) is 0 Å². The number of benzene rings is 1. The second kappa shape index (κ2) is 5.80. The highest BCUT2D eigenvalue weighted by atomic mass is 32.2. The van der Waals surface area contributed by atoms with Crippen molar-refractivity contribution in [1.29, 1.82) is 0 Å². The van der Waals surface area contributed by atoms with Gasteiger partial charge < -0.3 is 4.90 Å². The Balaban J connectivity index is 1.47. The van der Waals surface area contributed by atoms with Crippen LogP contribution < -0.4 is 4.31 Å². The fraction of sp³-hybridized carbons (Fsp3) is 0.353. The van der Waals surface area contributed by atoms with E-state index in [-0.39, 0.29) is 24.7 Å². The van der Waals surface area contributed by atoms with Gasteiger partial charge in [-0.1, -0.05) is 18.2 Å². The Hall–Kier alpha value is -2.48. The lowest BCUT2D eigenvalue weighted by Gasteiger charge is -2.40. The third kappa shape index (κ3) is 2.66. The van der Waals surface area contributed by atoms with Crippen molar-refractivity contribution in [2.45, 2.75) is 18.6 Å². The average molecular weight is 358 g/mol. The van der Waals surface area contributed by atoms with Crippen LogP contribution in [0.25, 0.3) is 0 Å². The maximum atomic E-state index is 12.9. The Morgan fingerprint density at radius 1 is 1.16 bits per heavy atom. The minimum absolute atomic E-state index is 0.190. The fourth-order valence-corrected chi connectivity index (χ4v) is 5.10. The summed E-state index contributed by atoms with van der Waals surface area (Å²) >= 11 is 0. The molecule has 2 aromatic rings. The number of hydrogen-bond acceptors (Lipinski definition) is 5. The van der Waals surface area contributed by atoms with Crippen molar-refractivity contribution in [1.82, 2.24) is 14.9 Å². The van der Waals surface area contributed by atoms with Crippen LogP contribution in [0.15, 0.2) is 36.7 Å². The first kappa shape index (κ1) is 16.0. The summed E-state index contributed by atoms with van der Waals surface area (Å²) in [6, 6.07) is 7.56. The van der Waals surface area contributed by atoms with Crippen LogP contribution in [-0.2, 0) is 16.4 Å². The van der Waals surface area contributed by atoms with Gasteiger partial charge in [-0.05, 0) is 25.0 Å². The number of sulfonamides is 1. The van der Waals surface area contributed by atoms with E-state index in [1.54, 1.807) is 6.92 Å². The topological polar surface area (TPSA) is 83.5 Å². The lowest BCUT2D eigenvalue weighted by atomic mass is 10.2. The van der Waals surface area contributed by atoms with Crippen molar-refractivity contribution in [3.8, 4) is 0 Å². The molecule has 0 aliphatic carbocycles. The summed E-state index contributed by atoms with van der Waals surface area (Å²) in [5.74, 6) is -0.277. The van der Waals surface area contributed by atoms with Crippen molar-refractivity contribution < 1.29 is 13.2 Å². The summed E-state index contributed by atoms with van der Waals surface area (Å²) in [6.45, 7) is 2.64. The highest BCUT2D eigenvalue weighted by molar-refractivity contribution is 7.93. The van der Waals surface area contributed by atoms with E-state index in [2.05, 4.69) is 9.97 Å². The van der Waals surface area contributed by atoms with Crippen LogP contribution >= 0.6 is 0 Å². The molecule has 0 spiro atoms. The van der Waals surface area contributed by atoms with Crippen LogP contribution in [0.1, 0.15) is 21.7 Å². The molecule has 1 amide bonds. The van der Waals surface area contributed by atoms with E-state index in [0.717, 1.165) is 23.4 Å². The zero-order valence-corrected chi connectivity index (χ0v) is 14.6. The molecule has 1 saturated heterocycles. The number of nitrogens with zero attached hydrogens (tertiary/aromatic N) is 4. The summed E-state index contributed by atoms with van der Waals surface area (Å²) in [7, 11) is -3.47. The predicted molar refractivity (Wildman–Crippen MR) is 92.9 cm³/mol. The van der Waals surface area contributed by atoms with Gasteiger partial charge >= 0.3 is 0 Å². The van der Waals surface area contributed by atoms with Crippen molar-refractivity contribution in [3.63, 3.8) is 0 Å². The van der Waals surface area contributed by atoms with Gasteiger partial charge in [0.1, 0.15) is 10.9 Å². The molecule has 1 aromatic heterocycles. The van der Waals surface area contributed by atoms with Gasteiger partial charge in [0.05, 0.1) is 17.6 Å². The zero-order chi connectivity index (χ0) is 17.6. The Bertz CT molecular complexity index is 921. The second-order valence-electron chi connectivity index (χ2n) is 6.37. The maximum Gasteiger partial charge on any atom is 0.274 e. The number of para-hydroxylation sites is 1. The Morgan fingerprint density at radius 3 is 2.64 bits per heavy atom. The van der Waals surface area contributed by atoms with Gasteiger partial charge in [-0.15, -0.1) is 0 Å². The van der Waals surface area contributed by atoms with E-state index in [9.17, 15) is 13.2 Å². The molecule has 0 unspecified atom stereocenters. The number of carbonyl (C=O) groups is 1. The van der Waals surface area contributed by atoms with E-state index in [1.807, 2.05) is 24.3 Å². The average Bonchev–Trinajstić information content (AvgIpc) is 2.98. The lowest BCUT2D eigenvalue weighted by Crippen LogP contribution is -2.60. The van der Waals surface area contributed by atoms with Gasteiger partial charge in [-0.25, -0.2) is 13.4 Å². The molecule has 2 aliphatic rings. The third-order valence-corrected chi connectivity index (χ3v) is 6.84. The number of likely N-dealkylation sites (tertiary alicyclic amines) is 1. The van der Waals surface area contributed by atoms with Crippen molar-refractivity contribution in [2.75, 3.05) is 23.9 Å². The Kier molecular flexibility index (Phi) is 3.72. The normalized spacial score (nSPS) is 17.3. The van der Waals surface area contributed by atoms with E-state index < -0.39 is 15.3 Å². The molecule has 0 bridgehead atoms. The molecular weight excluding hydrogens is 340 g/mol. The molecule has 1 aromatic carbocycles. The minimum atomic E-state index is -3.47. The number of aromatic nitrogens is 2. The smallest absolute Gasteiger partial charge is 0.274 e. The van der Waals surface area contributed by atoms with Crippen molar-refractivity contribution >= 4 is 21.6 Å².